The van der Waals surface area contributed by atoms with Gasteiger partial charge in [0.05, 0.1) is 41.4 Å². The molecule has 0 saturated carbocycles. The summed E-state index contributed by atoms with van der Waals surface area (Å²) < 4.78 is 31.9. The summed E-state index contributed by atoms with van der Waals surface area (Å²) in [5.74, 6) is -1.96. The van der Waals surface area contributed by atoms with E-state index in [-0.39, 0.29) is 29.1 Å². The Morgan fingerprint density at radius 3 is 2.83 bits per heavy atom. The second-order valence-corrected chi connectivity index (χ2v) is 7.71. The van der Waals surface area contributed by atoms with Crippen molar-refractivity contribution < 1.29 is 18.7 Å². The van der Waals surface area contributed by atoms with Gasteiger partial charge in [-0.15, -0.1) is 6.58 Å². The molecule has 0 fully saturated rings. The van der Waals surface area contributed by atoms with Gasteiger partial charge in [-0.2, -0.15) is 0 Å². The molecular formula is C20H19F2IN4O2. The lowest BCUT2D eigenvalue weighted by molar-refractivity contribution is 0.0918. The zero-order valence-electron chi connectivity index (χ0n) is 15.5. The van der Waals surface area contributed by atoms with Crippen LogP contribution in [0.2, 0.25) is 0 Å². The number of hydrogen-bond donors (Lipinski definition) is 3. The Labute approximate surface area is 179 Å². The van der Waals surface area contributed by atoms with Gasteiger partial charge >= 0.3 is 0 Å². The van der Waals surface area contributed by atoms with Crippen molar-refractivity contribution in [3.63, 3.8) is 0 Å². The van der Waals surface area contributed by atoms with Crippen LogP contribution in [0.25, 0.3) is 11.0 Å². The third-order valence-corrected chi connectivity index (χ3v) is 5.07. The average molecular weight is 512 g/mol. The molecule has 6 nitrogen and oxygen atoms in total. The molecule has 0 saturated heterocycles. The minimum atomic E-state index is -0.768. The Morgan fingerprint density at radius 2 is 2.17 bits per heavy atom. The molecule has 3 N–H and O–H groups in total. The van der Waals surface area contributed by atoms with Crippen molar-refractivity contribution in [2.24, 2.45) is 7.05 Å². The second-order valence-electron chi connectivity index (χ2n) is 6.46. The predicted octanol–water partition coefficient (Wildman–Crippen LogP) is 3.87. The number of aliphatic hydroxyl groups excluding tert-OH is 1. The summed E-state index contributed by atoms with van der Waals surface area (Å²) in [4.78, 5) is 16.9. The van der Waals surface area contributed by atoms with Crippen LogP contribution in [0.1, 0.15) is 16.8 Å². The van der Waals surface area contributed by atoms with Crippen LogP contribution < -0.4 is 10.6 Å². The molecule has 0 aliphatic carbocycles. The van der Waals surface area contributed by atoms with Gasteiger partial charge in [0.1, 0.15) is 11.3 Å². The Hall–Kier alpha value is -2.53. The van der Waals surface area contributed by atoms with E-state index >= 15 is 4.39 Å². The molecule has 1 aromatic heterocycles. The maximum Gasteiger partial charge on any atom is 0.253 e. The zero-order valence-corrected chi connectivity index (χ0v) is 17.7. The number of nitrogens with one attached hydrogen (secondary N) is 2. The number of anilines is 2. The minimum Gasteiger partial charge on any atom is -0.394 e. The Kier molecular flexibility index (Phi) is 6.48. The van der Waals surface area contributed by atoms with E-state index in [2.05, 4.69) is 22.2 Å². The fourth-order valence-corrected chi connectivity index (χ4v) is 3.35. The molecule has 0 bridgehead atoms. The summed E-state index contributed by atoms with van der Waals surface area (Å²) in [5.41, 5.74) is 0.273. The molecule has 9 heteroatoms. The van der Waals surface area contributed by atoms with Crippen molar-refractivity contribution in [2.75, 3.05) is 11.9 Å². The molecule has 1 heterocycles. The smallest absolute Gasteiger partial charge is 0.253 e. The van der Waals surface area contributed by atoms with Crippen molar-refractivity contribution in [1.29, 1.82) is 0 Å². The molecule has 1 atom stereocenters. The molecule has 2 aromatic carbocycles. The third kappa shape index (κ3) is 4.40. The molecule has 29 heavy (non-hydrogen) atoms. The maximum absolute atomic E-state index is 15.3. The van der Waals surface area contributed by atoms with Crippen molar-refractivity contribution in [1.82, 2.24) is 14.9 Å². The lowest BCUT2D eigenvalue weighted by Gasteiger charge is -2.18. The number of amides is 1. The molecule has 3 rings (SSSR count). The Morgan fingerprint density at radius 1 is 1.41 bits per heavy atom. The van der Waals surface area contributed by atoms with Gasteiger partial charge in [-0.25, -0.2) is 13.8 Å². The molecule has 0 aliphatic heterocycles. The Bertz CT molecular complexity index is 1080. The van der Waals surface area contributed by atoms with Gasteiger partial charge in [0.2, 0.25) is 0 Å². The van der Waals surface area contributed by atoms with E-state index in [0.717, 1.165) is 0 Å². The fourth-order valence-electron chi connectivity index (χ4n) is 2.89. The number of aryl methyl sites for hydroxylation is 1. The van der Waals surface area contributed by atoms with E-state index in [4.69, 9.17) is 0 Å². The van der Waals surface area contributed by atoms with Crippen LogP contribution in [0.3, 0.4) is 0 Å². The maximum atomic E-state index is 15.3. The SMILES string of the molecule is C=CCC(CO)NC(=O)c1cc2c(ncn2C)c(F)c1Nc1ccc(I)cc1F. The second kappa shape index (κ2) is 8.87. The van der Waals surface area contributed by atoms with Crippen LogP contribution in [0.15, 0.2) is 43.2 Å². The van der Waals surface area contributed by atoms with Gasteiger partial charge in [-0.05, 0) is 53.3 Å². The number of rotatable bonds is 7. The Balaban J connectivity index is 2.10. The van der Waals surface area contributed by atoms with Crippen molar-refractivity contribution in [2.45, 2.75) is 12.5 Å². The molecular weight excluding hydrogens is 493 g/mol. The molecule has 0 spiro atoms. The van der Waals surface area contributed by atoms with Crippen LogP contribution in [-0.4, -0.2) is 33.2 Å². The number of aliphatic hydroxyl groups is 1. The van der Waals surface area contributed by atoms with Crippen LogP contribution in [0, 0.1) is 15.2 Å². The van der Waals surface area contributed by atoms with E-state index < -0.39 is 23.6 Å². The lowest BCUT2D eigenvalue weighted by atomic mass is 10.1. The highest BCUT2D eigenvalue weighted by Crippen LogP contribution is 2.32. The zero-order chi connectivity index (χ0) is 21.1. The quantitative estimate of drug-likeness (QED) is 0.332. The monoisotopic (exact) mass is 512 g/mol. The number of nitrogens with zero attached hydrogens (tertiary/aromatic N) is 2. The number of aromatic nitrogens is 2. The van der Waals surface area contributed by atoms with E-state index in [1.165, 1.54) is 24.5 Å². The summed E-state index contributed by atoms with van der Waals surface area (Å²) in [6, 6.07) is 5.33. The van der Waals surface area contributed by atoms with Crippen molar-refractivity contribution >= 4 is 50.9 Å². The molecule has 1 amide bonds. The van der Waals surface area contributed by atoms with Crippen molar-refractivity contribution in [3.05, 3.63) is 64.0 Å². The number of hydrogen-bond acceptors (Lipinski definition) is 4. The van der Waals surface area contributed by atoms with Gasteiger partial charge in [0, 0.05) is 10.6 Å². The van der Waals surface area contributed by atoms with Crippen LogP contribution in [0.5, 0.6) is 0 Å². The largest absolute Gasteiger partial charge is 0.394 e. The third-order valence-electron chi connectivity index (χ3n) is 4.40. The number of fused-ring (bicyclic) bond motifs is 1. The first-order valence-corrected chi connectivity index (χ1v) is 9.81. The number of halogens is 3. The van der Waals surface area contributed by atoms with Gasteiger partial charge in [-0.3, -0.25) is 4.79 Å². The summed E-state index contributed by atoms with van der Waals surface area (Å²) in [6.45, 7) is 3.29. The number of carbonyl (C=O) groups excluding carboxylic acids is 1. The van der Waals surface area contributed by atoms with E-state index in [9.17, 15) is 14.3 Å². The van der Waals surface area contributed by atoms with E-state index in [1.54, 1.807) is 23.8 Å². The minimum absolute atomic E-state index is 0.0263. The van der Waals surface area contributed by atoms with Crippen molar-refractivity contribution in [3.8, 4) is 0 Å². The number of benzene rings is 2. The molecule has 0 radical (unpaired) electrons. The fraction of sp³-hybridized carbons (Fsp3) is 0.200. The molecule has 3 aromatic rings. The highest BCUT2D eigenvalue weighted by molar-refractivity contribution is 14.1. The summed E-state index contributed by atoms with van der Waals surface area (Å²) in [7, 11) is 1.68. The molecule has 152 valence electrons. The first kappa shape index (κ1) is 21.2. The van der Waals surface area contributed by atoms with Crippen LogP contribution >= 0.6 is 22.6 Å². The summed E-state index contributed by atoms with van der Waals surface area (Å²) in [6.07, 6.45) is 3.33. The predicted molar refractivity (Wildman–Crippen MR) is 116 cm³/mol. The average Bonchev–Trinajstić information content (AvgIpc) is 3.06. The topological polar surface area (TPSA) is 79.2 Å². The van der Waals surface area contributed by atoms with Crippen LogP contribution in [-0.2, 0) is 7.05 Å². The summed E-state index contributed by atoms with van der Waals surface area (Å²) >= 11 is 1.97. The first-order chi connectivity index (χ1) is 13.8. The normalized spacial score (nSPS) is 12.0. The lowest BCUT2D eigenvalue weighted by Crippen LogP contribution is -2.37. The molecule has 1 unspecified atom stereocenters. The standard InChI is InChI=1S/C20H19F2IN4O2/c1-3-4-12(9-28)25-20(29)13-8-16-19(24-10-27(16)2)17(22)18(13)26-15-6-5-11(23)7-14(15)21/h3,5-8,10,12,26,28H,1,4,9H2,2H3,(H,25,29). The first-order valence-electron chi connectivity index (χ1n) is 8.74. The van der Waals surface area contributed by atoms with Gasteiger partial charge in [0.15, 0.2) is 5.82 Å². The summed E-state index contributed by atoms with van der Waals surface area (Å²) in [5, 5.41) is 14.8. The van der Waals surface area contributed by atoms with E-state index in [1.807, 2.05) is 22.6 Å². The number of imidazole rings is 1. The molecule has 0 aliphatic rings. The number of carbonyl (C=O) groups is 1. The van der Waals surface area contributed by atoms with E-state index in [0.29, 0.717) is 15.5 Å². The van der Waals surface area contributed by atoms with Gasteiger partial charge < -0.3 is 20.3 Å². The van der Waals surface area contributed by atoms with Crippen LogP contribution in [0.4, 0.5) is 20.2 Å². The van der Waals surface area contributed by atoms with Gasteiger partial charge in [0.25, 0.3) is 5.91 Å². The highest BCUT2D eigenvalue weighted by Gasteiger charge is 2.23. The highest BCUT2D eigenvalue weighted by atomic mass is 127. The van der Waals surface area contributed by atoms with Gasteiger partial charge in [-0.1, -0.05) is 6.08 Å².